The molecule has 1 aromatic carbocycles. The van der Waals surface area contributed by atoms with E-state index < -0.39 is 40.9 Å². The number of alkyl halides is 3. The third-order valence-corrected chi connectivity index (χ3v) is 3.58. The maximum atomic E-state index is 13.7. The van der Waals surface area contributed by atoms with Gasteiger partial charge in [-0.2, -0.15) is 13.2 Å². The second-order valence-electron chi connectivity index (χ2n) is 5.12. The molecule has 120 valence electrons. The molecule has 1 amide bonds. The van der Waals surface area contributed by atoms with Crippen LogP contribution in [0.1, 0.15) is 28.8 Å². The van der Waals surface area contributed by atoms with Crippen LogP contribution in [-0.2, 0) is 11.0 Å². The quantitative estimate of drug-likeness (QED) is 0.853. The maximum absolute atomic E-state index is 13.7. The zero-order valence-electron chi connectivity index (χ0n) is 11.4. The summed E-state index contributed by atoms with van der Waals surface area (Å²) in [7, 11) is 0. The van der Waals surface area contributed by atoms with E-state index in [4.69, 9.17) is 5.11 Å². The number of carboxylic acid groups (broad SMARTS) is 1. The number of likely N-dealkylation sites (tertiary alicyclic amines) is 1. The fraction of sp³-hybridized carbons (Fsp3) is 0.429. The van der Waals surface area contributed by atoms with Crippen LogP contribution >= 0.6 is 0 Å². The van der Waals surface area contributed by atoms with Crippen LogP contribution in [0.4, 0.5) is 17.6 Å². The Morgan fingerprint density at radius 2 is 1.95 bits per heavy atom. The van der Waals surface area contributed by atoms with Gasteiger partial charge >= 0.3 is 12.1 Å². The second-order valence-corrected chi connectivity index (χ2v) is 5.12. The lowest BCUT2D eigenvalue weighted by Crippen LogP contribution is -2.42. The molecule has 2 rings (SSSR count). The van der Waals surface area contributed by atoms with Gasteiger partial charge in [0.05, 0.1) is 17.0 Å². The summed E-state index contributed by atoms with van der Waals surface area (Å²) in [6.07, 6.45) is -3.90. The van der Waals surface area contributed by atoms with E-state index in [0.29, 0.717) is 31.0 Å². The third-order valence-electron chi connectivity index (χ3n) is 3.58. The van der Waals surface area contributed by atoms with Crippen LogP contribution in [0.2, 0.25) is 0 Å². The first-order valence-electron chi connectivity index (χ1n) is 6.59. The van der Waals surface area contributed by atoms with Gasteiger partial charge in [-0.3, -0.25) is 9.59 Å². The van der Waals surface area contributed by atoms with E-state index in [0.717, 1.165) is 4.90 Å². The average molecular weight is 319 g/mol. The Balaban J connectivity index is 2.27. The zero-order chi connectivity index (χ0) is 16.5. The molecule has 0 aromatic heterocycles. The van der Waals surface area contributed by atoms with Gasteiger partial charge in [0.2, 0.25) is 0 Å². The molecule has 1 N–H and O–H groups in total. The van der Waals surface area contributed by atoms with E-state index in [-0.39, 0.29) is 13.1 Å². The summed E-state index contributed by atoms with van der Waals surface area (Å²) in [6.45, 7) is 0.0577. The highest BCUT2D eigenvalue weighted by molar-refractivity contribution is 5.95. The molecule has 1 atom stereocenters. The summed E-state index contributed by atoms with van der Waals surface area (Å²) in [6, 6.07) is 1.61. The maximum Gasteiger partial charge on any atom is 0.416 e. The predicted molar refractivity (Wildman–Crippen MR) is 67.7 cm³/mol. The number of carboxylic acids is 1. The number of benzene rings is 1. The average Bonchev–Trinajstić information content (AvgIpc) is 2.46. The minimum atomic E-state index is -4.69. The predicted octanol–water partition coefficient (Wildman–Crippen LogP) is 2.78. The van der Waals surface area contributed by atoms with E-state index in [9.17, 15) is 27.2 Å². The largest absolute Gasteiger partial charge is 0.481 e. The lowest BCUT2D eigenvalue weighted by atomic mass is 9.97. The van der Waals surface area contributed by atoms with E-state index in [1.807, 2.05) is 0 Å². The molecule has 4 nitrogen and oxygen atoms in total. The first kappa shape index (κ1) is 16.3. The van der Waals surface area contributed by atoms with Crippen LogP contribution in [-0.4, -0.2) is 35.0 Å². The van der Waals surface area contributed by atoms with Crippen molar-refractivity contribution < 1.29 is 32.3 Å². The second kappa shape index (κ2) is 5.94. The number of hydrogen-bond acceptors (Lipinski definition) is 2. The SMILES string of the molecule is O=C(O)C1CCCN(C(=O)c2cc(C(F)(F)F)ccc2F)C1. The number of nitrogens with zero attached hydrogens (tertiary/aromatic N) is 1. The van der Waals surface area contributed by atoms with Crippen LogP contribution in [0.5, 0.6) is 0 Å². The highest BCUT2D eigenvalue weighted by atomic mass is 19.4. The van der Waals surface area contributed by atoms with Crippen molar-refractivity contribution in [2.75, 3.05) is 13.1 Å². The summed E-state index contributed by atoms with van der Waals surface area (Å²) in [4.78, 5) is 24.2. The third kappa shape index (κ3) is 3.37. The van der Waals surface area contributed by atoms with Gasteiger partial charge in [0.15, 0.2) is 0 Å². The van der Waals surface area contributed by atoms with Crippen molar-refractivity contribution in [1.82, 2.24) is 4.90 Å². The molecule has 1 aromatic rings. The van der Waals surface area contributed by atoms with Crippen molar-refractivity contribution >= 4 is 11.9 Å². The molecule has 0 saturated carbocycles. The van der Waals surface area contributed by atoms with E-state index >= 15 is 0 Å². The smallest absolute Gasteiger partial charge is 0.416 e. The molecule has 1 fully saturated rings. The molecule has 1 heterocycles. The number of piperidine rings is 1. The van der Waals surface area contributed by atoms with Gasteiger partial charge in [-0.1, -0.05) is 0 Å². The Kier molecular flexibility index (Phi) is 4.39. The van der Waals surface area contributed by atoms with Gasteiger partial charge in [-0.05, 0) is 31.0 Å². The minimum Gasteiger partial charge on any atom is -0.481 e. The fourth-order valence-electron chi connectivity index (χ4n) is 2.40. The van der Waals surface area contributed by atoms with Crippen molar-refractivity contribution in [2.45, 2.75) is 19.0 Å². The molecule has 22 heavy (non-hydrogen) atoms. The number of carbonyl (C=O) groups excluding carboxylic acids is 1. The van der Waals surface area contributed by atoms with Crippen LogP contribution < -0.4 is 0 Å². The first-order chi connectivity index (χ1) is 10.2. The molecule has 1 unspecified atom stereocenters. The summed E-state index contributed by atoms with van der Waals surface area (Å²) in [5.41, 5.74) is -1.81. The molecule has 1 aliphatic rings. The Labute approximate surface area is 123 Å². The summed E-state index contributed by atoms with van der Waals surface area (Å²) in [5, 5.41) is 8.95. The van der Waals surface area contributed by atoms with E-state index in [1.165, 1.54) is 0 Å². The zero-order valence-corrected chi connectivity index (χ0v) is 11.4. The number of rotatable bonds is 2. The lowest BCUT2D eigenvalue weighted by Gasteiger charge is -2.31. The first-order valence-corrected chi connectivity index (χ1v) is 6.59. The van der Waals surface area contributed by atoms with Crippen LogP contribution in [0.15, 0.2) is 18.2 Å². The molecule has 8 heteroatoms. The Bertz CT molecular complexity index is 600. The topological polar surface area (TPSA) is 57.6 Å². The lowest BCUT2D eigenvalue weighted by molar-refractivity contribution is -0.143. The van der Waals surface area contributed by atoms with Crippen molar-refractivity contribution in [1.29, 1.82) is 0 Å². The minimum absolute atomic E-state index is 0.135. The van der Waals surface area contributed by atoms with Gasteiger partial charge < -0.3 is 10.0 Å². The normalized spacial score (nSPS) is 19.1. The van der Waals surface area contributed by atoms with E-state index in [1.54, 1.807) is 0 Å². The number of aliphatic carboxylic acids is 1. The number of hydrogen-bond donors (Lipinski definition) is 1. The summed E-state index contributed by atoms with van der Waals surface area (Å²) < 4.78 is 51.6. The standard InChI is InChI=1S/C14H13F4NO3/c15-11-4-3-9(14(16,17)18)6-10(11)12(20)19-5-1-2-8(7-19)13(21)22/h3-4,6,8H,1-2,5,7H2,(H,21,22). The number of halogens is 4. The fourth-order valence-corrected chi connectivity index (χ4v) is 2.40. The molecule has 0 bridgehead atoms. The molecule has 0 spiro atoms. The molecule has 1 saturated heterocycles. The monoisotopic (exact) mass is 319 g/mol. The van der Waals surface area contributed by atoms with Crippen molar-refractivity contribution in [2.24, 2.45) is 5.92 Å². The van der Waals surface area contributed by atoms with Crippen molar-refractivity contribution in [3.05, 3.63) is 35.1 Å². The molecule has 0 radical (unpaired) electrons. The molecule has 1 aliphatic heterocycles. The Hall–Kier alpha value is -2.12. The number of amides is 1. The Morgan fingerprint density at radius 1 is 1.27 bits per heavy atom. The van der Waals surface area contributed by atoms with Crippen LogP contribution in [0.3, 0.4) is 0 Å². The van der Waals surface area contributed by atoms with Gasteiger partial charge in [0.1, 0.15) is 5.82 Å². The summed E-state index contributed by atoms with van der Waals surface area (Å²) in [5.74, 6) is -3.85. The highest BCUT2D eigenvalue weighted by Crippen LogP contribution is 2.31. The van der Waals surface area contributed by atoms with Crippen molar-refractivity contribution in [3.8, 4) is 0 Å². The van der Waals surface area contributed by atoms with Crippen molar-refractivity contribution in [3.63, 3.8) is 0 Å². The van der Waals surface area contributed by atoms with Gasteiger partial charge in [-0.15, -0.1) is 0 Å². The van der Waals surface area contributed by atoms with Gasteiger partial charge in [0.25, 0.3) is 5.91 Å². The van der Waals surface area contributed by atoms with Crippen LogP contribution in [0.25, 0.3) is 0 Å². The molecule has 0 aliphatic carbocycles. The van der Waals surface area contributed by atoms with Gasteiger partial charge in [-0.25, -0.2) is 4.39 Å². The molecular formula is C14H13F4NO3. The summed E-state index contributed by atoms with van der Waals surface area (Å²) >= 11 is 0. The van der Waals surface area contributed by atoms with E-state index in [2.05, 4.69) is 0 Å². The van der Waals surface area contributed by atoms with Crippen LogP contribution in [0, 0.1) is 11.7 Å². The van der Waals surface area contributed by atoms with Gasteiger partial charge in [0, 0.05) is 13.1 Å². The number of carbonyl (C=O) groups is 2. The highest BCUT2D eigenvalue weighted by Gasteiger charge is 2.34. The Morgan fingerprint density at radius 3 is 2.55 bits per heavy atom. The molecular weight excluding hydrogens is 306 g/mol.